The second-order valence-electron chi connectivity index (χ2n) is 9.28. The largest absolute Gasteiger partial charge is 0.481 e. The van der Waals surface area contributed by atoms with Crippen molar-refractivity contribution in [3.63, 3.8) is 0 Å². The maximum Gasteiger partial charge on any atom is 0.407 e. The van der Waals surface area contributed by atoms with Crippen molar-refractivity contribution in [2.45, 2.75) is 31.2 Å². The number of carbonyl (C=O) groups is 3. The van der Waals surface area contributed by atoms with E-state index in [9.17, 15) is 24.6 Å². The van der Waals surface area contributed by atoms with E-state index in [0.717, 1.165) is 22.3 Å². The molecule has 2 amide bonds. The van der Waals surface area contributed by atoms with Gasteiger partial charge in [0.1, 0.15) is 12.6 Å². The standard InChI is InChI=1S/C26H30N2O7/c29-15-26(16-30)11-12-28(14-26)24(33)22(9-10-23(31)32)27-25(34)35-13-21-19-7-3-1-5-17(19)18-6-2-4-8-20(18)21/h1-8,21-22,29-30H,9-16H2,(H,27,34)(H,31,32). The highest BCUT2D eigenvalue weighted by Crippen LogP contribution is 2.44. The minimum atomic E-state index is -1.09. The molecule has 186 valence electrons. The molecule has 1 atom stereocenters. The van der Waals surface area contributed by atoms with Gasteiger partial charge in [-0.2, -0.15) is 0 Å². The third-order valence-corrected chi connectivity index (χ3v) is 7.00. The van der Waals surface area contributed by atoms with Crippen LogP contribution in [0.25, 0.3) is 11.1 Å². The predicted octanol–water partition coefficient (Wildman–Crippen LogP) is 1.96. The van der Waals surface area contributed by atoms with E-state index in [-0.39, 0.29) is 45.1 Å². The molecule has 2 aromatic rings. The van der Waals surface area contributed by atoms with Crippen molar-refractivity contribution in [3.8, 4) is 11.1 Å². The molecule has 2 aliphatic rings. The number of aliphatic hydroxyl groups excluding tert-OH is 2. The molecule has 1 aliphatic carbocycles. The first kappa shape index (κ1) is 24.7. The molecular formula is C26H30N2O7. The fourth-order valence-electron chi connectivity index (χ4n) is 4.96. The Hall–Kier alpha value is -3.43. The molecule has 35 heavy (non-hydrogen) atoms. The molecule has 0 bridgehead atoms. The summed E-state index contributed by atoms with van der Waals surface area (Å²) in [6.45, 7) is -0.0357. The molecule has 4 rings (SSSR count). The number of rotatable bonds is 9. The third-order valence-electron chi connectivity index (χ3n) is 7.00. The fourth-order valence-corrected chi connectivity index (χ4v) is 4.96. The number of likely N-dealkylation sites (tertiary alicyclic amines) is 1. The van der Waals surface area contributed by atoms with Crippen LogP contribution in [-0.4, -0.2) is 77.1 Å². The Kier molecular flexibility index (Phi) is 7.37. The Bertz CT molecular complexity index is 1050. The van der Waals surface area contributed by atoms with Gasteiger partial charge in [0.05, 0.1) is 13.2 Å². The first-order valence-corrected chi connectivity index (χ1v) is 11.7. The van der Waals surface area contributed by atoms with Gasteiger partial charge in [-0.3, -0.25) is 9.59 Å². The van der Waals surface area contributed by atoms with Gasteiger partial charge < -0.3 is 30.3 Å². The molecule has 0 aromatic heterocycles. The van der Waals surface area contributed by atoms with E-state index in [1.807, 2.05) is 48.5 Å². The van der Waals surface area contributed by atoms with Gasteiger partial charge in [0.2, 0.25) is 5.91 Å². The lowest BCUT2D eigenvalue weighted by molar-refractivity contribution is -0.138. The van der Waals surface area contributed by atoms with Gasteiger partial charge in [0.15, 0.2) is 0 Å². The summed E-state index contributed by atoms with van der Waals surface area (Å²) in [6.07, 6.45) is -0.785. The summed E-state index contributed by atoms with van der Waals surface area (Å²) in [5, 5.41) is 30.9. The molecule has 4 N–H and O–H groups in total. The van der Waals surface area contributed by atoms with Gasteiger partial charge in [-0.25, -0.2) is 4.79 Å². The van der Waals surface area contributed by atoms with Crippen LogP contribution in [0.3, 0.4) is 0 Å². The number of benzene rings is 2. The van der Waals surface area contributed by atoms with Crippen molar-refractivity contribution in [2.24, 2.45) is 5.41 Å². The molecule has 1 aliphatic heterocycles. The number of carboxylic acid groups (broad SMARTS) is 1. The Balaban J connectivity index is 1.42. The summed E-state index contributed by atoms with van der Waals surface area (Å²) in [6, 6.07) is 14.8. The lowest BCUT2D eigenvalue weighted by Gasteiger charge is -2.27. The number of hydrogen-bond acceptors (Lipinski definition) is 6. The molecule has 0 saturated carbocycles. The molecule has 9 nitrogen and oxygen atoms in total. The van der Waals surface area contributed by atoms with Crippen molar-refractivity contribution >= 4 is 18.0 Å². The average Bonchev–Trinajstić information content (AvgIpc) is 3.45. The lowest BCUT2D eigenvalue weighted by atomic mass is 9.89. The topological polar surface area (TPSA) is 136 Å². The van der Waals surface area contributed by atoms with Crippen LogP contribution in [0.5, 0.6) is 0 Å². The van der Waals surface area contributed by atoms with Crippen LogP contribution in [0.4, 0.5) is 4.79 Å². The molecule has 1 unspecified atom stereocenters. The van der Waals surface area contributed by atoms with E-state index >= 15 is 0 Å². The highest BCUT2D eigenvalue weighted by atomic mass is 16.5. The number of fused-ring (bicyclic) bond motifs is 3. The van der Waals surface area contributed by atoms with Gasteiger partial charge in [-0.15, -0.1) is 0 Å². The van der Waals surface area contributed by atoms with Crippen molar-refractivity contribution in [3.05, 3.63) is 59.7 Å². The number of amides is 2. The molecule has 0 radical (unpaired) electrons. The minimum absolute atomic E-state index is 0.0710. The number of alkyl carbamates (subject to hydrolysis) is 1. The Morgan fingerprint density at radius 1 is 1.03 bits per heavy atom. The zero-order chi connectivity index (χ0) is 25.0. The van der Waals surface area contributed by atoms with Gasteiger partial charge in [-0.1, -0.05) is 48.5 Å². The van der Waals surface area contributed by atoms with E-state index < -0.39 is 29.4 Å². The molecule has 1 fully saturated rings. The molecule has 1 heterocycles. The van der Waals surface area contributed by atoms with Gasteiger partial charge in [-0.05, 0) is 35.1 Å². The van der Waals surface area contributed by atoms with Crippen molar-refractivity contribution in [2.75, 3.05) is 32.9 Å². The summed E-state index contributed by atoms with van der Waals surface area (Å²) in [4.78, 5) is 38.4. The minimum Gasteiger partial charge on any atom is -0.481 e. The zero-order valence-electron chi connectivity index (χ0n) is 19.4. The smallest absolute Gasteiger partial charge is 0.407 e. The number of nitrogens with zero attached hydrogens (tertiary/aromatic N) is 1. The highest BCUT2D eigenvalue weighted by molar-refractivity contribution is 5.86. The summed E-state index contributed by atoms with van der Waals surface area (Å²) in [5.41, 5.74) is 3.51. The van der Waals surface area contributed by atoms with Gasteiger partial charge in [0, 0.05) is 30.8 Å². The maximum atomic E-state index is 13.1. The van der Waals surface area contributed by atoms with E-state index in [1.54, 1.807) is 0 Å². The lowest BCUT2D eigenvalue weighted by Crippen LogP contribution is -2.49. The van der Waals surface area contributed by atoms with Crippen molar-refractivity contribution in [1.82, 2.24) is 10.2 Å². The number of ether oxygens (including phenoxy) is 1. The molecule has 9 heteroatoms. The van der Waals surface area contributed by atoms with Crippen molar-refractivity contribution in [1.29, 1.82) is 0 Å². The number of aliphatic carboxylic acids is 1. The number of aliphatic hydroxyl groups is 2. The summed E-state index contributed by atoms with van der Waals surface area (Å²) in [5.74, 6) is -1.68. The Labute approximate surface area is 203 Å². The monoisotopic (exact) mass is 482 g/mol. The zero-order valence-corrected chi connectivity index (χ0v) is 19.4. The SMILES string of the molecule is O=C(O)CCC(NC(=O)OCC1c2ccccc2-c2ccccc21)C(=O)N1CCC(CO)(CO)C1. The molecule has 0 spiro atoms. The van der Waals surface area contributed by atoms with Crippen LogP contribution in [-0.2, 0) is 14.3 Å². The highest BCUT2D eigenvalue weighted by Gasteiger charge is 2.41. The normalized spacial score (nSPS) is 16.9. The Morgan fingerprint density at radius 3 is 2.17 bits per heavy atom. The van der Waals surface area contributed by atoms with Crippen LogP contribution in [0.1, 0.15) is 36.3 Å². The summed E-state index contributed by atoms with van der Waals surface area (Å²) in [7, 11) is 0. The van der Waals surface area contributed by atoms with Gasteiger partial charge in [0.25, 0.3) is 0 Å². The fraction of sp³-hybridized carbons (Fsp3) is 0.423. The van der Waals surface area contributed by atoms with E-state index in [0.29, 0.717) is 13.0 Å². The maximum absolute atomic E-state index is 13.1. The molecule has 1 saturated heterocycles. The molecular weight excluding hydrogens is 452 g/mol. The van der Waals surface area contributed by atoms with Crippen molar-refractivity contribution < 1.29 is 34.4 Å². The summed E-state index contributed by atoms with van der Waals surface area (Å²) >= 11 is 0. The second kappa shape index (κ2) is 10.5. The van der Waals surface area contributed by atoms with Crippen LogP contribution < -0.4 is 5.32 Å². The van der Waals surface area contributed by atoms with Crippen LogP contribution in [0.15, 0.2) is 48.5 Å². The first-order valence-electron chi connectivity index (χ1n) is 11.7. The second-order valence-corrected chi connectivity index (χ2v) is 9.28. The number of carboxylic acids is 1. The van der Waals surface area contributed by atoms with Crippen LogP contribution in [0.2, 0.25) is 0 Å². The average molecular weight is 483 g/mol. The van der Waals surface area contributed by atoms with E-state index in [1.165, 1.54) is 4.90 Å². The third kappa shape index (κ3) is 5.16. The van der Waals surface area contributed by atoms with Crippen LogP contribution in [0, 0.1) is 5.41 Å². The van der Waals surface area contributed by atoms with Gasteiger partial charge >= 0.3 is 12.1 Å². The summed E-state index contributed by atoms with van der Waals surface area (Å²) < 4.78 is 5.52. The van der Waals surface area contributed by atoms with Crippen LogP contribution >= 0.6 is 0 Å². The molecule has 2 aromatic carbocycles. The van der Waals surface area contributed by atoms with E-state index in [4.69, 9.17) is 9.84 Å². The number of hydrogen-bond donors (Lipinski definition) is 4. The van der Waals surface area contributed by atoms with E-state index in [2.05, 4.69) is 5.32 Å². The Morgan fingerprint density at radius 2 is 1.63 bits per heavy atom. The number of carbonyl (C=O) groups excluding carboxylic acids is 2. The predicted molar refractivity (Wildman–Crippen MR) is 127 cm³/mol. The first-order chi connectivity index (χ1) is 16.9. The quantitative estimate of drug-likeness (QED) is 0.429. The number of nitrogens with one attached hydrogen (secondary N) is 1.